The fourth-order valence-electron chi connectivity index (χ4n) is 3.43. The molecule has 1 unspecified atom stereocenters. The van der Waals surface area contributed by atoms with E-state index in [0.29, 0.717) is 0 Å². The molecule has 1 aliphatic heterocycles. The van der Waals surface area contributed by atoms with Crippen molar-refractivity contribution < 1.29 is 9.31 Å². The minimum absolute atomic E-state index is 0.189. The first-order chi connectivity index (χ1) is 10.1. The Morgan fingerprint density at radius 3 is 1.81 bits per heavy atom. The van der Waals surface area contributed by atoms with E-state index >= 15 is 0 Å². The van der Waals surface area contributed by atoms with E-state index in [9.17, 15) is 0 Å². The lowest BCUT2D eigenvalue weighted by Crippen LogP contribution is -2.37. The third-order valence-corrected chi connectivity index (χ3v) is 4.21. The molecule has 0 aliphatic carbocycles. The fourth-order valence-corrected chi connectivity index (χ4v) is 3.43. The van der Waals surface area contributed by atoms with Crippen molar-refractivity contribution >= 4 is 5.90 Å². The van der Waals surface area contributed by atoms with Gasteiger partial charge in [-0.05, 0) is 18.1 Å². The molecule has 0 saturated carbocycles. The van der Waals surface area contributed by atoms with Crippen molar-refractivity contribution in [2.45, 2.75) is 24.9 Å². The van der Waals surface area contributed by atoms with Crippen LogP contribution in [0, 0.1) is 0 Å². The van der Waals surface area contributed by atoms with Gasteiger partial charge in [0.25, 0.3) is 0 Å². The molecule has 1 saturated heterocycles. The van der Waals surface area contributed by atoms with E-state index in [2.05, 4.69) is 86.3 Å². The predicted octanol–water partition coefficient (Wildman–Crippen LogP) is 3.45. The zero-order valence-electron chi connectivity index (χ0n) is 12.9. The molecule has 1 heterocycles. The molecule has 1 aliphatic rings. The fraction of sp³-hybridized carbons (Fsp3) is 0.316. The van der Waals surface area contributed by atoms with E-state index in [4.69, 9.17) is 4.74 Å². The van der Waals surface area contributed by atoms with Crippen LogP contribution >= 0.6 is 0 Å². The molecule has 1 atom stereocenters. The van der Waals surface area contributed by atoms with Crippen molar-refractivity contribution in [3.05, 3.63) is 71.8 Å². The Bertz CT molecular complexity index is 602. The molecule has 0 aromatic heterocycles. The van der Waals surface area contributed by atoms with Crippen LogP contribution in [0.15, 0.2) is 60.7 Å². The molecular weight excluding hydrogens is 258 g/mol. The zero-order chi connectivity index (χ0) is 14.9. The van der Waals surface area contributed by atoms with Crippen molar-refractivity contribution in [3.8, 4) is 0 Å². The summed E-state index contributed by atoms with van der Waals surface area (Å²) in [6.45, 7) is 2.15. The lowest BCUT2D eigenvalue weighted by atomic mass is 9.72. The van der Waals surface area contributed by atoms with E-state index in [0.717, 1.165) is 12.3 Å². The Morgan fingerprint density at radius 1 is 0.905 bits per heavy atom. The molecule has 0 N–H and O–H groups in total. The van der Waals surface area contributed by atoms with Crippen LogP contribution in [0.1, 0.15) is 24.5 Å². The maximum Gasteiger partial charge on any atom is 0.351 e. The summed E-state index contributed by atoms with van der Waals surface area (Å²) in [7, 11) is 4.13. The average Bonchev–Trinajstić information content (AvgIpc) is 2.88. The molecule has 108 valence electrons. The van der Waals surface area contributed by atoms with Crippen molar-refractivity contribution in [1.29, 1.82) is 0 Å². The maximum atomic E-state index is 6.19. The van der Waals surface area contributed by atoms with Gasteiger partial charge in [-0.3, -0.25) is 0 Å². The van der Waals surface area contributed by atoms with Gasteiger partial charge < -0.3 is 4.74 Å². The van der Waals surface area contributed by atoms with E-state index in [1.165, 1.54) is 11.1 Å². The topological polar surface area (TPSA) is 12.2 Å². The molecule has 21 heavy (non-hydrogen) atoms. The highest BCUT2D eigenvalue weighted by molar-refractivity contribution is 5.90. The minimum atomic E-state index is -0.189. The number of ether oxygens (including phenoxy) is 1. The first-order valence-corrected chi connectivity index (χ1v) is 7.47. The van der Waals surface area contributed by atoms with E-state index < -0.39 is 0 Å². The second kappa shape index (κ2) is 5.36. The molecule has 3 rings (SSSR count). The standard InChI is InChI=1S/C19H22NO/c1-15-14-19(18(21-15)20(2)3,16-10-6-4-7-11-16)17-12-8-5-9-13-17/h4-13,15H,14H2,1-3H3/q+1. The summed E-state index contributed by atoms with van der Waals surface area (Å²) in [6, 6.07) is 21.4. The van der Waals surface area contributed by atoms with Gasteiger partial charge in [0.15, 0.2) is 0 Å². The van der Waals surface area contributed by atoms with Crippen molar-refractivity contribution in [2.24, 2.45) is 0 Å². The van der Waals surface area contributed by atoms with Gasteiger partial charge in [-0.25, -0.2) is 4.58 Å². The molecule has 2 nitrogen and oxygen atoms in total. The monoisotopic (exact) mass is 280 g/mol. The normalized spacial score (nSPS) is 20.1. The Morgan fingerprint density at radius 2 is 1.38 bits per heavy atom. The number of hydrogen-bond acceptors (Lipinski definition) is 1. The largest absolute Gasteiger partial charge is 0.444 e. The first kappa shape index (κ1) is 13.9. The Balaban J connectivity index is 2.29. The van der Waals surface area contributed by atoms with Crippen LogP contribution in [-0.4, -0.2) is 30.7 Å². The minimum Gasteiger partial charge on any atom is -0.444 e. The zero-order valence-corrected chi connectivity index (χ0v) is 12.9. The summed E-state index contributed by atoms with van der Waals surface area (Å²) in [4.78, 5) is 0. The second-order valence-electron chi connectivity index (χ2n) is 5.97. The Labute approximate surface area is 126 Å². The lowest BCUT2D eigenvalue weighted by Gasteiger charge is -2.26. The van der Waals surface area contributed by atoms with Crippen LogP contribution in [-0.2, 0) is 10.2 Å². The summed E-state index contributed by atoms with van der Waals surface area (Å²) in [6.07, 6.45) is 1.18. The molecule has 0 spiro atoms. The summed E-state index contributed by atoms with van der Waals surface area (Å²) < 4.78 is 8.30. The summed E-state index contributed by atoms with van der Waals surface area (Å²) in [5.74, 6) is 1.03. The molecule has 0 bridgehead atoms. The average molecular weight is 280 g/mol. The quantitative estimate of drug-likeness (QED) is 0.767. The third kappa shape index (κ3) is 2.25. The first-order valence-electron chi connectivity index (χ1n) is 7.47. The van der Waals surface area contributed by atoms with E-state index in [1.54, 1.807) is 0 Å². The molecule has 2 heteroatoms. The highest BCUT2D eigenvalue weighted by Gasteiger charge is 2.53. The highest BCUT2D eigenvalue weighted by Crippen LogP contribution is 2.43. The molecular formula is C19H22NO+. The number of nitrogens with zero attached hydrogens (tertiary/aromatic N) is 1. The summed E-state index contributed by atoms with van der Waals surface area (Å²) in [5, 5.41) is 0. The van der Waals surface area contributed by atoms with Crippen LogP contribution in [0.4, 0.5) is 0 Å². The third-order valence-electron chi connectivity index (χ3n) is 4.21. The van der Waals surface area contributed by atoms with Gasteiger partial charge in [0.2, 0.25) is 0 Å². The molecule has 2 aromatic carbocycles. The Hall–Kier alpha value is -2.09. The van der Waals surface area contributed by atoms with Gasteiger partial charge in [0, 0.05) is 6.42 Å². The van der Waals surface area contributed by atoms with Gasteiger partial charge >= 0.3 is 5.90 Å². The van der Waals surface area contributed by atoms with Gasteiger partial charge in [-0.15, -0.1) is 0 Å². The summed E-state index contributed by atoms with van der Waals surface area (Å²) >= 11 is 0. The molecule has 2 aromatic rings. The number of rotatable bonds is 2. The van der Waals surface area contributed by atoms with E-state index in [-0.39, 0.29) is 11.5 Å². The molecule has 0 radical (unpaired) electrons. The predicted molar refractivity (Wildman–Crippen MR) is 85.9 cm³/mol. The van der Waals surface area contributed by atoms with Gasteiger partial charge in [-0.2, -0.15) is 0 Å². The van der Waals surface area contributed by atoms with Gasteiger partial charge in [0.1, 0.15) is 25.6 Å². The SMILES string of the molecule is CC1CC(c2ccccc2)(c2ccccc2)C(=[N+](C)C)O1. The number of hydrogen-bond donors (Lipinski definition) is 0. The summed E-state index contributed by atoms with van der Waals surface area (Å²) in [5.41, 5.74) is 2.40. The van der Waals surface area contributed by atoms with Gasteiger partial charge in [0.05, 0.1) is 0 Å². The van der Waals surface area contributed by atoms with Crippen molar-refractivity contribution in [1.82, 2.24) is 0 Å². The maximum absolute atomic E-state index is 6.19. The van der Waals surface area contributed by atoms with E-state index in [1.807, 2.05) is 0 Å². The van der Waals surface area contributed by atoms with Crippen LogP contribution in [0.2, 0.25) is 0 Å². The van der Waals surface area contributed by atoms with Crippen molar-refractivity contribution in [3.63, 3.8) is 0 Å². The second-order valence-corrected chi connectivity index (χ2v) is 5.97. The van der Waals surface area contributed by atoms with Gasteiger partial charge in [-0.1, -0.05) is 60.7 Å². The number of benzene rings is 2. The van der Waals surface area contributed by atoms with Crippen LogP contribution in [0.3, 0.4) is 0 Å². The molecule has 1 fully saturated rings. The highest BCUT2D eigenvalue weighted by atomic mass is 16.5. The van der Waals surface area contributed by atoms with Crippen LogP contribution in [0.5, 0.6) is 0 Å². The molecule has 0 amide bonds. The van der Waals surface area contributed by atoms with Crippen LogP contribution in [0.25, 0.3) is 0 Å². The lowest BCUT2D eigenvalue weighted by molar-refractivity contribution is -0.476. The van der Waals surface area contributed by atoms with Crippen LogP contribution < -0.4 is 0 Å². The smallest absolute Gasteiger partial charge is 0.351 e. The van der Waals surface area contributed by atoms with Crippen molar-refractivity contribution in [2.75, 3.05) is 14.1 Å². The Kier molecular flexibility index (Phi) is 3.54.